The number of halogens is 3. The lowest BCUT2D eigenvalue weighted by molar-refractivity contribution is -0.274. The summed E-state index contributed by atoms with van der Waals surface area (Å²) < 4.78 is 48.5. The summed E-state index contributed by atoms with van der Waals surface area (Å²) in [5, 5.41) is 18.3. The molecule has 2 fully saturated rings. The van der Waals surface area contributed by atoms with Crippen molar-refractivity contribution >= 4 is 17.4 Å². The van der Waals surface area contributed by atoms with Gasteiger partial charge in [0.05, 0.1) is 42.5 Å². The number of carbonyl (C=O) groups excluding carboxylic acids is 1. The number of urea groups is 1. The molecule has 0 N–H and O–H groups in total. The van der Waals surface area contributed by atoms with Gasteiger partial charge in [0.2, 0.25) is 0 Å². The van der Waals surface area contributed by atoms with Gasteiger partial charge in [0.15, 0.2) is 0 Å². The lowest BCUT2D eigenvalue weighted by atomic mass is 9.82. The first-order valence-corrected chi connectivity index (χ1v) is 10.8. The van der Waals surface area contributed by atoms with Crippen molar-refractivity contribution in [2.45, 2.75) is 17.9 Å². The Kier molecular flexibility index (Phi) is 5.54. The number of alkyl halides is 3. The Labute approximate surface area is 204 Å². The molecule has 7 nitrogen and oxygen atoms in total. The van der Waals surface area contributed by atoms with Crippen LogP contribution in [0, 0.1) is 22.7 Å². The van der Waals surface area contributed by atoms with Crippen molar-refractivity contribution in [2.24, 2.45) is 0 Å². The molecule has 0 unspecified atom stereocenters. The molecule has 2 saturated heterocycles. The van der Waals surface area contributed by atoms with E-state index < -0.39 is 29.7 Å². The number of carbonyl (C=O) groups is 1. The van der Waals surface area contributed by atoms with E-state index in [1.54, 1.807) is 59.5 Å². The van der Waals surface area contributed by atoms with Gasteiger partial charge in [-0.15, -0.1) is 13.2 Å². The molecule has 5 rings (SSSR count). The summed E-state index contributed by atoms with van der Waals surface area (Å²) >= 11 is 0. The van der Waals surface area contributed by atoms with Crippen LogP contribution in [0.4, 0.5) is 29.3 Å². The van der Waals surface area contributed by atoms with E-state index in [0.717, 1.165) is 0 Å². The monoisotopic (exact) mass is 490 g/mol. The topological polar surface area (TPSA) is 89.6 Å². The molecule has 0 aliphatic carbocycles. The van der Waals surface area contributed by atoms with E-state index in [2.05, 4.69) is 4.74 Å². The van der Waals surface area contributed by atoms with Gasteiger partial charge in [0, 0.05) is 11.4 Å². The third-order valence-electron chi connectivity index (χ3n) is 6.25. The van der Waals surface area contributed by atoms with Gasteiger partial charge in [0.1, 0.15) is 11.3 Å². The first kappa shape index (κ1) is 23.2. The molecule has 0 radical (unpaired) electrons. The highest BCUT2D eigenvalue weighted by Crippen LogP contribution is 2.51. The molecule has 0 saturated carbocycles. The summed E-state index contributed by atoms with van der Waals surface area (Å²) in [6.45, 7) is 0.279. The normalized spacial score (nSPS) is 18.5. The van der Waals surface area contributed by atoms with Crippen LogP contribution in [0.15, 0.2) is 72.8 Å². The maximum absolute atomic E-state index is 14.0. The summed E-state index contributed by atoms with van der Waals surface area (Å²) in [6.07, 6.45) is -4.87. The van der Waals surface area contributed by atoms with Crippen molar-refractivity contribution in [3.8, 4) is 17.9 Å². The molecule has 36 heavy (non-hydrogen) atoms. The molecular formula is C26H17F3N4O3. The summed E-state index contributed by atoms with van der Waals surface area (Å²) in [4.78, 5) is 17.0. The van der Waals surface area contributed by atoms with Gasteiger partial charge < -0.3 is 9.47 Å². The van der Waals surface area contributed by atoms with E-state index in [-0.39, 0.29) is 13.2 Å². The molecule has 2 amide bonds. The predicted molar refractivity (Wildman–Crippen MR) is 122 cm³/mol. The van der Waals surface area contributed by atoms with Crippen molar-refractivity contribution in [3.63, 3.8) is 0 Å². The number of nitrogens with zero attached hydrogens (tertiary/aromatic N) is 4. The first-order valence-electron chi connectivity index (χ1n) is 10.8. The Hall–Kier alpha value is -4.54. The largest absolute Gasteiger partial charge is 0.573 e. The van der Waals surface area contributed by atoms with Crippen LogP contribution < -0.4 is 14.5 Å². The molecule has 2 heterocycles. The maximum Gasteiger partial charge on any atom is 0.573 e. The highest BCUT2D eigenvalue weighted by molar-refractivity contribution is 6.09. The van der Waals surface area contributed by atoms with Crippen LogP contribution in [-0.4, -0.2) is 31.1 Å². The number of rotatable bonds is 4. The molecular weight excluding hydrogens is 473 g/mol. The van der Waals surface area contributed by atoms with E-state index >= 15 is 0 Å². The molecule has 2 aliphatic rings. The van der Waals surface area contributed by atoms with Gasteiger partial charge in [0.25, 0.3) is 0 Å². The van der Waals surface area contributed by atoms with Crippen LogP contribution in [0.2, 0.25) is 0 Å². The van der Waals surface area contributed by atoms with Crippen molar-refractivity contribution in [1.82, 2.24) is 0 Å². The first-order chi connectivity index (χ1) is 17.3. The maximum atomic E-state index is 14.0. The van der Waals surface area contributed by atoms with Crippen molar-refractivity contribution < 1.29 is 27.4 Å². The second-order valence-electron chi connectivity index (χ2n) is 8.42. The minimum Gasteiger partial charge on any atom is -0.406 e. The average molecular weight is 490 g/mol. The number of nitriles is 2. The number of hydrogen-bond donors (Lipinski definition) is 0. The summed E-state index contributed by atoms with van der Waals surface area (Å²) in [5.41, 5.74) is 1.29. The van der Waals surface area contributed by atoms with E-state index in [1.807, 2.05) is 12.1 Å². The fourth-order valence-corrected chi connectivity index (χ4v) is 4.72. The summed E-state index contributed by atoms with van der Waals surface area (Å²) in [5.74, 6) is -0.403. The Morgan fingerprint density at radius 2 is 1.50 bits per heavy atom. The Balaban J connectivity index is 1.66. The zero-order valence-electron chi connectivity index (χ0n) is 18.6. The molecule has 3 aromatic carbocycles. The predicted octanol–water partition coefficient (Wildman–Crippen LogP) is 5.29. The Morgan fingerprint density at radius 1 is 0.917 bits per heavy atom. The highest BCUT2D eigenvalue weighted by atomic mass is 19.4. The number of hydrogen-bond acceptors (Lipinski definition) is 5. The lowest BCUT2D eigenvalue weighted by Crippen LogP contribution is -2.62. The summed E-state index contributed by atoms with van der Waals surface area (Å²) in [6, 6.07) is 21.3. The van der Waals surface area contributed by atoms with Gasteiger partial charge in [-0.3, -0.25) is 9.80 Å². The molecule has 180 valence electrons. The molecule has 2 aliphatic heterocycles. The van der Waals surface area contributed by atoms with E-state index in [4.69, 9.17) is 10.00 Å². The smallest absolute Gasteiger partial charge is 0.406 e. The van der Waals surface area contributed by atoms with Crippen LogP contribution in [0.3, 0.4) is 0 Å². The second kappa shape index (κ2) is 8.59. The third-order valence-corrected chi connectivity index (χ3v) is 6.25. The third kappa shape index (κ3) is 3.88. The van der Waals surface area contributed by atoms with E-state index in [0.29, 0.717) is 28.1 Å². The van der Waals surface area contributed by atoms with Gasteiger partial charge in [-0.1, -0.05) is 12.1 Å². The SMILES string of the molecule is N#Cc1ccc(N2C(=O)N(c3ccc(C#N)cc3)C3(COC3)[C@@H]2c2cccc(OC(F)(F)F)c2)cc1. The van der Waals surface area contributed by atoms with Crippen LogP contribution in [0.5, 0.6) is 5.75 Å². The quantitative estimate of drug-likeness (QED) is 0.496. The van der Waals surface area contributed by atoms with Gasteiger partial charge >= 0.3 is 12.4 Å². The standard InChI is InChI=1S/C26H17F3N4O3/c27-26(28,29)36-22-3-1-2-19(12-22)23-25(15-35-16-25)33(21-10-6-18(14-31)7-11-21)24(34)32(23)20-8-4-17(13-30)5-9-20/h1-12,23H,15-16H2/t23-/m0/s1. The minimum absolute atomic E-state index is 0.139. The average Bonchev–Trinajstić information content (AvgIpc) is 3.13. The molecule has 10 heteroatoms. The number of ether oxygens (including phenoxy) is 2. The van der Waals surface area contributed by atoms with Crippen LogP contribution in [-0.2, 0) is 4.74 Å². The Morgan fingerprint density at radius 3 is 2.00 bits per heavy atom. The highest BCUT2D eigenvalue weighted by Gasteiger charge is 2.63. The second-order valence-corrected chi connectivity index (χ2v) is 8.42. The van der Waals surface area contributed by atoms with E-state index in [1.165, 1.54) is 23.1 Å². The van der Waals surface area contributed by atoms with Crippen LogP contribution >= 0.6 is 0 Å². The van der Waals surface area contributed by atoms with Crippen molar-refractivity contribution in [3.05, 3.63) is 89.5 Å². The number of benzene rings is 3. The Bertz CT molecular complexity index is 1390. The fraction of sp³-hybridized carbons (Fsp3) is 0.192. The molecule has 3 aromatic rings. The fourth-order valence-electron chi connectivity index (χ4n) is 4.72. The van der Waals surface area contributed by atoms with Gasteiger partial charge in [-0.25, -0.2) is 4.79 Å². The van der Waals surface area contributed by atoms with E-state index in [9.17, 15) is 23.2 Å². The molecule has 1 atom stereocenters. The number of amides is 2. The lowest BCUT2D eigenvalue weighted by Gasteiger charge is -2.47. The number of anilines is 2. The van der Waals surface area contributed by atoms with Gasteiger partial charge in [-0.05, 0) is 66.2 Å². The summed E-state index contributed by atoms with van der Waals surface area (Å²) in [7, 11) is 0. The van der Waals surface area contributed by atoms with Crippen LogP contribution in [0.25, 0.3) is 0 Å². The molecule has 0 aromatic heterocycles. The zero-order chi connectivity index (χ0) is 25.5. The van der Waals surface area contributed by atoms with Gasteiger partial charge in [-0.2, -0.15) is 10.5 Å². The van der Waals surface area contributed by atoms with Crippen molar-refractivity contribution in [1.29, 1.82) is 10.5 Å². The van der Waals surface area contributed by atoms with Crippen molar-refractivity contribution in [2.75, 3.05) is 23.0 Å². The molecule has 1 spiro atoms. The molecule has 0 bridgehead atoms. The zero-order valence-corrected chi connectivity index (χ0v) is 18.6. The minimum atomic E-state index is -4.87. The van der Waals surface area contributed by atoms with Crippen LogP contribution in [0.1, 0.15) is 22.7 Å².